The van der Waals surface area contributed by atoms with E-state index in [-0.39, 0.29) is 24.8 Å². The Kier molecular flexibility index (Phi) is 8.65. The average molecular weight is 560 g/mol. The van der Waals surface area contributed by atoms with Crippen LogP contribution in [0.1, 0.15) is 31.9 Å². The summed E-state index contributed by atoms with van der Waals surface area (Å²) in [5.74, 6) is -3.20. The van der Waals surface area contributed by atoms with Gasteiger partial charge in [-0.1, -0.05) is 74.5 Å². The van der Waals surface area contributed by atoms with Crippen LogP contribution < -0.4 is 5.32 Å². The SMILES string of the molecule is CC(=O)N1C=C(c2ccccc2)N(CC(=O)N[C@H](Cc2ccccc2)C(=O)N2C(=O)CN(C)C2=O)C(=O)C1C(C)C. The highest BCUT2D eigenvalue weighted by molar-refractivity contribution is 6.16. The van der Waals surface area contributed by atoms with Gasteiger partial charge in [-0.15, -0.1) is 0 Å². The monoisotopic (exact) mass is 559 g/mol. The van der Waals surface area contributed by atoms with Crippen molar-refractivity contribution in [3.05, 3.63) is 78.0 Å². The molecule has 11 heteroatoms. The fourth-order valence-corrected chi connectivity index (χ4v) is 5.00. The first-order valence-corrected chi connectivity index (χ1v) is 13.3. The second-order valence-electron chi connectivity index (χ2n) is 10.4. The lowest BCUT2D eigenvalue weighted by Gasteiger charge is -2.40. The number of hydrogen-bond acceptors (Lipinski definition) is 6. The van der Waals surface area contributed by atoms with Crippen molar-refractivity contribution in [3.63, 3.8) is 0 Å². The van der Waals surface area contributed by atoms with Gasteiger partial charge in [-0.25, -0.2) is 4.79 Å². The Labute approximate surface area is 238 Å². The Morgan fingerprint density at radius 3 is 2.10 bits per heavy atom. The van der Waals surface area contributed by atoms with Crippen molar-refractivity contribution in [2.24, 2.45) is 5.92 Å². The smallest absolute Gasteiger partial charge is 0.333 e. The molecule has 0 bridgehead atoms. The molecule has 2 aromatic rings. The number of carbonyl (C=O) groups excluding carboxylic acids is 6. The van der Waals surface area contributed by atoms with E-state index in [1.807, 2.05) is 19.9 Å². The maximum Gasteiger partial charge on any atom is 0.333 e. The summed E-state index contributed by atoms with van der Waals surface area (Å²) in [4.78, 5) is 82.6. The molecule has 0 radical (unpaired) electrons. The zero-order chi connectivity index (χ0) is 29.8. The second-order valence-corrected chi connectivity index (χ2v) is 10.4. The van der Waals surface area contributed by atoms with E-state index in [0.717, 1.165) is 4.90 Å². The van der Waals surface area contributed by atoms with Gasteiger partial charge in [0.1, 0.15) is 25.2 Å². The summed E-state index contributed by atoms with van der Waals surface area (Å²) in [7, 11) is 1.41. The number of rotatable bonds is 8. The van der Waals surface area contributed by atoms with E-state index in [9.17, 15) is 28.8 Å². The topological polar surface area (TPSA) is 127 Å². The van der Waals surface area contributed by atoms with Crippen molar-refractivity contribution in [3.8, 4) is 0 Å². The molecule has 41 heavy (non-hydrogen) atoms. The second kappa shape index (κ2) is 12.2. The van der Waals surface area contributed by atoms with E-state index in [0.29, 0.717) is 21.7 Å². The van der Waals surface area contributed by atoms with Gasteiger partial charge in [0.25, 0.3) is 17.7 Å². The number of imide groups is 3. The van der Waals surface area contributed by atoms with Crippen LogP contribution in [-0.4, -0.2) is 87.4 Å². The van der Waals surface area contributed by atoms with E-state index < -0.39 is 48.3 Å². The molecule has 0 saturated carbocycles. The summed E-state index contributed by atoms with van der Waals surface area (Å²) < 4.78 is 0. The van der Waals surface area contributed by atoms with Crippen LogP contribution in [0.5, 0.6) is 0 Å². The molecule has 1 unspecified atom stereocenters. The number of hydrogen-bond donors (Lipinski definition) is 1. The van der Waals surface area contributed by atoms with Gasteiger partial charge < -0.3 is 15.1 Å². The number of likely N-dealkylation sites (N-methyl/N-ethyl adjacent to an activating group) is 1. The van der Waals surface area contributed by atoms with Crippen LogP contribution in [0.25, 0.3) is 5.70 Å². The van der Waals surface area contributed by atoms with E-state index >= 15 is 0 Å². The Morgan fingerprint density at radius 1 is 0.951 bits per heavy atom. The van der Waals surface area contributed by atoms with Gasteiger partial charge in [-0.3, -0.25) is 28.9 Å². The predicted molar refractivity (Wildman–Crippen MR) is 149 cm³/mol. The summed E-state index contributed by atoms with van der Waals surface area (Å²) in [6, 6.07) is 14.9. The Bertz CT molecular complexity index is 1390. The van der Waals surface area contributed by atoms with Crippen molar-refractivity contribution in [2.45, 2.75) is 39.3 Å². The first kappa shape index (κ1) is 29.2. The summed E-state index contributed by atoms with van der Waals surface area (Å²) >= 11 is 0. The van der Waals surface area contributed by atoms with Crippen molar-refractivity contribution in [1.82, 2.24) is 24.9 Å². The Balaban J connectivity index is 1.65. The van der Waals surface area contributed by atoms with E-state index in [1.165, 1.54) is 23.8 Å². The molecule has 0 aliphatic carbocycles. The molecule has 1 saturated heterocycles. The molecule has 214 valence electrons. The molecule has 2 aromatic carbocycles. The van der Waals surface area contributed by atoms with Gasteiger partial charge in [0.2, 0.25) is 11.8 Å². The van der Waals surface area contributed by atoms with E-state index in [1.54, 1.807) is 60.8 Å². The zero-order valence-electron chi connectivity index (χ0n) is 23.4. The van der Waals surface area contributed by atoms with E-state index in [4.69, 9.17) is 0 Å². The van der Waals surface area contributed by atoms with Crippen molar-refractivity contribution < 1.29 is 28.8 Å². The Morgan fingerprint density at radius 2 is 1.56 bits per heavy atom. The highest BCUT2D eigenvalue weighted by Crippen LogP contribution is 2.30. The summed E-state index contributed by atoms with van der Waals surface area (Å²) in [6.45, 7) is 4.31. The summed E-state index contributed by atoms with van der Waals surface area (Å²) in [5.41, 5.74) is 1.68. The third kappa shape index (κ3) is 6.19. The van der Waals surface area contributed by atoms with Gasteiger partial charge in [-0.2, -0.15) is 4.90 Å². The molecular formula is C30H33N5O6. The number of nitrogens with zero attached hydrogens (tertiary/aromatic N) is 4. The molecule has 1 fully saturated rings. The molecule has 7 amide bonds. The van der Waals surface area contributed by atoms with Gasteiger partial charge in [0.05, 0.1) is 5.70 Å². The van der Waals surface area contributed by atoms with Crippen molar-refractivity contribution in [1.29, 1.82) is 0 Å². The molecular weight excluding hydrogens is 526 g/mol. The number of amides is 7. The fourth-order valence-electron chi connectivity index (χ4n) is 5.00. The number of urea groups is 1. The van der Waals surface area contributed by atoms with Crippen LogP contribution in [0, 0.1) is 5.92 Å². The van der Waals surface area contributed by atoms with E-state index in [2.05, 4.69) is 5.32 Å². The molecule has 2 heterocycles. The maximum absolute atomic E-state index is 13.8. The molecule has 0 spiro atoms. The van der Waals surface area contributed by atoms with Gasteiger partial charge in [0.15, 0.2) is 0 Å². The lowest BCUT2D eigenvalue weighted by atomic mass is 9.97. The molecule has 2 atom stereocenters. The Hall–Kier alpha value is -4.80. The molecule has 1 N–H and O–H groups in total. The highest BCUT2D eigenvalue weighted by Gasteiger charge is 2.43. The lowest BCUT2D eigenvalue weighted by molar-refractivity contribution is -0.145. The third-order valence-corrected chi connectivity index (χ3v) is 7.01. The predicted octanol–water partition coefficient (Wildman–Crippen LogP) is 1.85. The van der Waals surface area contributed by atoms with Crippen molar-refractivity contribution in [2.75, 3.05) is 20.1 Å². The normalized spacial score (nSPS) is 18.1. The summed E-state index contributed by atoms with van der Waals surface area (Å²) in [5, 5.41) is 2.66. The standard InChI is InChI=1S/C30H33N5O6/c1-19(2)27-29(40)34(24(16-33(27)20(3)36)22-13-9-6-10-14-22)17-25(37)31-23(15-21-11-7-5-8-12-21)28(39)35-26(38)18-32(4)30(35)41/h5-14,16,19,23,27H,15,17-18H2,1-4H3,(H,31,37)/t23-,27?/m1/s1. The third-order valence-electron chi connectivity index (χ3n) is 7.01. The average Bonchev–Trinajstić information content (AvgIpc) is 3.19. The van der Waals surface area contributed by atoms with Crippen LogP contribution in [0.2, 0.25) is 0 Å². The molecule has 4 rings (SSSR count). The van der Waals surface area contributed by atoms with Crippen LogP contribution in [0.15, 0.2) is 66.9 Å². The van der Waals surface area contributed by atoms with Gasteiger partial charge in [0, 0.05) is 26.6 Å². The zero-order valence-corrected chi connectivity index (χ0v) is 23.4. The number of carbonyl (C=O) groups is 6. The van der Waals surface area contributed by atoms with Gasteiger partial charge in [-0.05, 0) is 17.0 Å². The van der Waals surface area contributed by atoms with Crippen LogP contribution in [0.4, 0.5) is 4.79 Å². The minimum Gasteiger partial charge on any atom is -0.342 e. The molecule has 0 aromatic heterocycles. The van der Waals surface area contributed by atoms with Gasteiger partial charge >= 0.3 is 6.03 Å². The van der Waals surface area contributed by atoms with Crippen LogP contribution in [0.3, 0.4) is 0 Å². The van der Waals surface area contributed by atoms with Crippen LogP contribution in [-0.2, 0) is 30.4 Å². The van der Waals surface area contributed by atoms with Crippen LogP contribution >= 0.6 is 0 Å². The number of benzene rings is 2. The molecule has 11 nitrogen and oxygen atoms in total. The lowest BCUT2D eigenvalue weighted by Crippen LogP contribution is -2.57. The minimum atomic E-state index is -1.25. The summed E-state index contributed by atoms with van der Waals surface area (Å²) in [6.07, 6.45) is 1.59. The molecule has 2 aliphatic rings. The maximum atomic E-state index is 13.8. The largest absolute Gasteiger partial charge is 0.342 e. The number of nitrogens with one attached hydrogen (secondary N) is 1. The van der Waals surface area contributed by atoms with Crippen molar-refractivity contribution >= 4 is 41.3 Å². The fraction of sp³-hybridized carbons (Fsp3) is 0.333. The minimum absolute atomic E-state index is 0.0221. The first-order chi connectivity index (χ1) is 19.5. The molecule has 2 aliphatic heterocycles. The first-order valence-electron chi connectivity index (χ1n) is 13.3. The highest BCUT2D eigenvalue weighted by atomic mass is 16.2. The quantitative estimate of drug-likeness (QED) is 0.492.